The van der Waals surface area contributed by atoms with Gasteiger partial charge < -0.3 is 9.47 Å². The van der Waals surface area contributed by atoms with Crippen molar-refractivity contribution in [2.75, 3.05) is 6.61 Å². The summed E-state index contributed by atoms with van der Waals surface area (Å²) >= 11 is 3.54. The van der Waals surface area contributed by atoms with Gasteiger partial charge in [0.2, 0.25) is 0 Å². The van der Waals surface area contributed by atoms with E-state index in [1.165, 1.54) is 0 Å². The van der Waals surface area contributed by atoms with Gasteiger partial charge in [-0.25, -0.2) is 0 Å². The van der Waals surface area contributed by atoms with Crippen LogP contribution >= 0.6 is 15.9 Å². The third-order valence-electron chi connectivity index (χ3n) is 4.52. The van der Waals surface area contributed by atoms with Crippen molar-refractivity contribution in [1.82, 2.24) is 9.78 Å². The molecule has 0 unspecified atom stereocenters. The van der Waals surface area contributed by atoms with E-state index in [2.05, 4.69) is 41.9 Å². The Morgan fingerprint density at radius 2 is 2.04 bits per heavy atom. The van der Waals surface area contributed by atoms with Gasteiger partial charge in [0, 0.05) is 21.5 Å². The molecule has 0 saturated carbocycles. The summed E-state index contributed by atoms with van der Waals surface area (Å²) in [5.74, 6) is 0.467. The minimum Gasteiger partial charge on any atom is -0.487 e. The number of carbonyl (C=O) groups is 1. The summed E-state index contributed by atoms with van der Waals surface area (Å²) in [5.41, 5.74) is 3.76. The topological polar surface area (TPSA) is 53.4 Å². The molecule has 0 atom stereocenters. The van der Waals surface area contributed by atoms with Gasteiger partial charge in [0.25, 0.3) is 0 Å². The number of nitrogens with zero attached hydrogens (tertiary/aromatic N) is 2. The SMILES string of the molecule is CCOC(=O)Cc1cccc(C)c1OCc1nn(C(C)C)c2ccc(Br)cc12. The molecule has 6 heteroatoms. The maximum absolute atomic E-state index is 11.9. The number of aryl methyl sites for hydroxylation is 1. The number of rotatable bonds is 7. The molecule has 0 aliphatic carbocycles. The number of esters is 1. The molecule has 148 valence electrons. The van der Waals surface area contributed by atoms with Crippen molar-refractivity contribution in [3.8, 4) is 5.75 Å². The Labute approximate surface area is 173 Å². The van der Waals surface area contributed by atoms with Gasteiger partial charge in [0.05, 0.1) is 18.5 Å². The predicted molar refractivity (Wildman–Crippen MR) is 114 cm³/mol. The Balaban J connectivity index is 1.91. The molecule has 28 heavy (non-hydrogen) atoms. The average Bonchev–Trinajstić information content (AvgIpc) is 2.99. The molecule has 0 N–H and O–H groups in total. The van der Waals surface area contributed by atoms with Crippen molar-refractivity contribution in [3.63, 3.8) is 0 Å². The molecule has 0 fully saturated rings. The highest BCUT2D eigenvalue weighted by Gasteiger charge is 2.16. The van der Waals surface area contributed by atoms with Gasteiger partial charge in [-0.05, 0) is 51.5 Å². The zero-order valence-electron chi connectivity index (χ0n) is 16.7. The first-order valence-electron chi connectivity index (χ1n) is 9.44. The van der Waals surface area contributed by atoms with Crippen LogP contribution in [0.5, 0.6) is 5.75 Å². The Bertz CT molecular complexity index is 995. The van der Waals surface area contributed by atoms with Crippen LogP contribution in [0, 0.1) is 6.92 Å². The van der Waals surface area contributed by atoms with E-state index in [-0.39, 0.29) is 18.4 Å². The number of aromatic nitrogens is 2. The number of benzene rings is 2. The molecule has 5 nitrogen and oxygen atoms in total. The predicted octanol–water partition coefficient (Wildman–Crippen LogP) is 5.37. The molecule has 3 rings (SSSR count). The molecule has 2 aromatic carbocycles. The molecular formula is C22H25BrN2O3. The molecule has 0 aliphatic heterocycles. The molecule has 0 aliphatic rings. The van der Waals surface area contributed by atoms with E-state index in [4.69, 9.17) is 14.6 Å². The standard InChI is InChI=1S/C22H25BrN2O3/c1-5-27-21(26)11-16-8-6-7-15(4)22(16)28-13-19-18-12-17(23)9-10-20(18)25(24-19)14(2)3/h6-10,12,14H,5,11,13H2,1-4H3. The van der Waals surface area contributed by atoms with Crippen LogP contribution in [-0.4, -0.2) is 22.4 Å². The van der Waals surface area contributed by atoms with Crippen molar-refractivity contribution in [3.05, 3.63) is 57.7 Å². The number of hydrogen-bond donors (Lipinski definition) is 0. The molecule has 0 amide bonds. The van der Waals surface area contributed by atoms with Crippen LogP contribution in [0.25, 0.3) is 10.9 Å². The lowest BCUT2D eigenvalue weighted by molar-refractivity contribution is -0.142. The molecule has 0 saturated heterocycles. The molecule has 0 radical (unpaired) electrons. The van der Waals surface area contributed by atoms with E-state index >= 15 is 0 Å². The number of fused-ring (bicyclic) bond motifs is 1. The third kappa shape index (κ3) is 4.38. The number of para-hydroxylation sites is 1. The van der Waals surface area contributed by atoms with Crippen molar-refractivity contribution in [2.24, 2.45) is 0 Å². The van der Waals surface area contributed by atoms with Crippen LogP contribution in [0.2, 0.25) is 0 Å². The van der Waals surface area contributed by atoms with E-state index in [1.54, 1.807) is 6.92 Å². The van der Waals surface area contributed by atoms with Crippen LogP contribution < -0.4 is 4.74 Å². The maximum atomic E-state index is 11.9. The number of halogens is 1. The van der Waals surface area contributed by atoms with Crippen LogP contribution in [0.1, 0.15) is 43.6 Å². The minimum atomic E-state index is -0.253. The van der Waals surface area contributed by atoms with Crippen LogP contribution in [0.3, 0.4) is 0 Å². The van der Waals surface area contributed by atoms with Crippen molar-refractivity contribution in [2.45, 2.75) is 46.8 Å². The first kappa shape index (κ1) is 20.4. The number of hydrogen-bond acceptors (Lipinski definition) is 4. The molecule has 1 aromatic heterocycles. The lowest BCUT2D eigenvalue weighted by Gasteiger charge is -2.13. The highest BCUT2D eigenvalue weighted by atomic mass is 79.9. The van der Waals surface area contributed by atoms with E-state index < -0.39 is 0 Å². The van der Waals surface area contributed by atoms with Gasteiger partial charge in [0.15, 0.2) is 0 Å². The Hall–Kier alpha value is -2.34. The van der Waals surface area contributed by atoms with Gasteiger partial charge >= 0.3 is 5.97 Å². The summed E-state index contributed by atoms with van der Waals surface area (Å²) in [7, 11) is 0. The first-order valence-corrected chi connectivity index (χ1v) is 10.2. The van der Waals surface area contributed by atoms with Gasteiger partial charge in [0.1, 0.15) is 18.1 Å². The fourth-order valence-corrected chi connectivity index (χ4v) is 3.61. The monoisotopic (exact) mass is 444 g/mol. The van der Waals surface area contributed by atoms with Crippen molar-refractivity contribution >= 4 is 32.8 Å². The normalized spacial score (nSPS) is 11.2. The molecule has 1 heterocycles. The maximum Gasteiger partial charge on any atom is 0.310 e. The summed E-state index contributed by atoms with van der Waals surface area (Å²) in [6.07, 6.45) is 0.192. The number of carbonyl (C=O) groups excluding carboxylic acids is 1. The van der Waals surface area contributed by atoms with Gasteiger partial charge in [-0.1, -0.05) is 34.1 Å². The Morgan fingerprint density at radius 1 is 1.25 bits per heavy atom. The van der Waals surface area contributed by atoms with Gasteiger partial charge in [-0.15, -0.1) is 0 Å². The van der Waals surface area contributed by atoms with Gasteiger partial charge in [-0.3, -0.25) is 9.48 Å². The second kappa shape index (κ2) is 8.78. The molecule has 0 spiro atoms. The zero-order valence-corrected chi connectivity index (χ0v) is 18.2. The van der Waals surface area contributed by atoms with Gasteiger partial charge in [-0.2, -0.15) is 5.10 Å². The van der Waals surface area contributed by atoms with Crippen molar-refractivity contribution in [1.29, 1.82) is 0 Å². The van der Waals surface area contributed by atoms with Crippen LogP contribution in [-0.2, 0) is 22.6 Å². The first-order chi connectivity index (χ1) is 13.4. The third-order valence-corrected chi connectivity index (χ3v) is 5.01. The second-order valence-electron chi connectivity index (χ2n) is 6.98. The fraction of sp³-hybridized carbons (Fsp3) is 0.364. The molecular weight excluding hydrogens is 420 g/mol. The van der Waals surface area contributed by atoms with Crippen LogP contribution in [0.4, 0.5) is 0 Å². The fourth-order valence-electron chi connectivity index (χ4n) is 3.24. The minimum absolute atomic E-state index is 0.192. The van der Waals surface area contributed by atoms with E-state index in [0.717, 1.165) is 37.9 Å². The second-order valence-corrected chi connectivity index (χ2v) is 7.90. The number of ether oxygens (including phenoxy) is 2. The zero-order chi connectivity index (χ0) is 20.3. The molecule has 3 aromatic rings. The highest BCUT2D eigenvalue weighted by Crippen LogP contribution is 2.29. The summed E-state index contributed by atoms with van der Waals surface area (Å²) in [4.78, 5) is 11.9. The Morgan fingerprint density at radius 3 is 2.75 bits per heavy atom. The summed E-state index contributed by atoms with van der Waals surface area (Å²) in [6, 6.07) is 12.2. The summed E-state index contributed by atoms with van der Waals surface area (Å²) < 4.78 is 14.3. The Kier molecular flexibility index (Phi) is 6.39. The van der Waals surface area contributed by atoms with Crippen molar-refractivity contribution < 1.29 is 14.3 Å². The lowest BCUT2D eigenvalue weighted by Crippen LogP contribution is -2.10. The smallest absolute Gasteiger partial charge is 0.310 e. The highest BCUT2D eigenvalue weighted by molar-refractivity contribution is 9.10. The quantitative estimate of drug-likeness (QED) is 0.459. The van der Waals surface area contributed by atoms with E-state index in [9.17, 15) is 4.79 Å². The largest absolute Gasteiger partial charge is 0.487 e. The average molecular weight is 445 g/mol. The van der Waals surface area contributed by atoms with Crippen LogP contribution in [0.15, 0.2) is 40.9 Å². The summed E-state index contributed by atoms with van der Waals surface area (Å²) in [6.45, 7) is 8.70. The lowest BCUT2D eigenvalue weighted by atomic mass is 10.1. The van der Waals surface area contributed by atoms with E-state index in [0.29, 0.717) is 13.2 Å². The van der Waals surface area contributed by atoms with E-state index in [1.807, 2.05) is 35.9 Å². The summed E-state index contributed by atoms with van der Waals surface area (Å²) in [5, 5.41) is 5.83. The molecule has 0 bridgehead atoms.